The molecule has 0 aliphatic heterocycles. The first kappa shape index (κ1) is 25.5. The summed E-state index contributed by atoms with van der Waals surface area (Å²) in [5, 5.41) is 0. The minimum atomic E-state index is 0. The Morgan fingerprint density at radius 2 is 1.38 bits per heavy atom. The smallest absolute Gasteiger partial charge is 1.00 e. The van der Waals surface area contributed by atoms with Crippen molar-refractivity contribution in [3.8, 4) is 0 Å². The molecule has 0 N–H and O–H groups in total. The van der Waals surface area contributed by atoms with Gasteiger partial charge < -0.3 is 37.2 Å². The second-order valence-corrected chi connectivity index (χ2v) is 7.83. The number of halogens is 3. The van der Waals surface area contributed by atoms with E-state index in [9.17, 15) is 0 Å². The first-order valence-electron chi connectivity index (χ1n) is 8.31. The van der Waals surface area contributed by atoms with Crippen molar-refractivity contribution in [3.05, 3.63) is 94.6 Å². The van der Waals surface area contributed by atoms with Gasteiger partial charge in [-0.25, -0.2) is 0 Å². The molecule has 0 radical (unpaired) electrons. The maximum Gasteiger partial charge on any atom is -1.00 e. The molecule has 0 spiro atoms. The Labute approximate surface area is 188 Å². The van der Waals surface area contributed by atoms with Crippen LogP contribution >= 0.6 is 0 Å². The number of rotatable bonds is 4. The molecule has 1 atom stereocenters. The van der Waals surface area contributed by atoms with Crippen LogP contribution in [0.5, 0.6) is 0 Å². The van der Waals surface area contributed by atoms with Crippen LogP contribution in [0.4, 0.5) is 0 Å². The normalized spacial score (nSPS) is 17.8. The van der Waals surface area contributed by atoms with Crippen LogP contribution in [0.15, 0.2) is 72.3 Å². The third-order valence-electron chi connectivity index (χ3n) is 4.78. The van der Waals surface area contributed by atoms with Crippen molar-refractivity contribution in [2.75, 3.05) is 0 Å². The van der Waals surface area contributed by atoms with Gasteiger partial charge in [-0.05, 0) is 0 Å². The molecule has 0 aromatic heterocycles. The van der Waals surface area contributed by atoms with Gasteiger partial charge in [-0.2, -0.15) is 0 Å². The largest absolute Gasteiger partial charge is 1.00 e. The van der Waals surface area contributed by atoms with Crippen LogP contribution in [0.3, 0.4) is 0 Å². The summed E-state index contributed by atoms with van der Waals surface area (Å²) >= 11 is 2.39. The molecule has 26 heavy (non-hydrogen) atoms. The maximum atomic E-state index is 2.39. The van der Waals surface area contributed by atoms with E-state index in [-0.39, 0.29) is 40.9 Å². The number of aryl methyl sites for hydroxylation is 2. The Balaban J connectivity index is 0.00000208. The summed E-state index contributed by atoms with van der Waals surface area (Å²) in [7, 11) is 0. The summed E-state index contributed by atoms with van der Waals surface area (Å²) in [5.74, 6) is 0.354. The molecular weight excluding hydrogens is 418 g/mol. The van der Waals surface area contributed by atoms with Crippen LogP contribution in [0, 0.1) is 13.8 Å². The Morgan fingerprint density at radius 3 is 1.81 bits per heavy atom. The molecule has 0 nitrogen and oxygen atoms in total. The SMILES string of the molecule is CCC1=CC=C[C]1([Ti+3])C(c1cccc(C)c1)c1cccc(C)c1.[Cl-].[Cl-].[Cl-]. The van der Waals surface area contributed by atoms with E-state index in [0.29, 0.717) is 5.92 Å². The van der Waals surface area contributed by atoms with Crippen molar-refractivity contribution >= 4 is 0 Å². The minimum absolute atomic E-state index is 0. The summed E-state index contributed by atoms with van der Waals surface area (Å²) in [6.45, 7) is 6.63. The van der Waals surface area contributed by atoms with E-state index in [1.165, 1.54) is 27.8 Å². The third kappa shape index (κ3) is 5.06. The first-order valence-corrected chi connectivity index (χ1v) is 9.09. The molecule has 1 unspecified atom stereocenters. The molecular formula is C22H23Cl3Ti. The van der Waals surface area contributed by atoms with Gasteiger partial charge in [0.25, 0.3) is 0 Å². The van der Waals surface area contributed by atoms with Crippen LogP contribution in [-0.2, 0) is 20.4 Å². The molecule has 0 bridgehead atoms. The fourth-order valence-corrected chi connectivity index (χ4v) is 4.75. The summed E-state index contributed by atoms with van der Waals surface area (Å²) in [6, 6.07) is 18.0. The second-order valence-electron chi connectivity index (χ2n) is 6.53. The Bertz CT molecular complexity index is 737. The van der Waals surface area contributed by atoms with E-state index in [1.807, 2.05) is 0 Å². The molecule has 0 saturated heterocycles. The van der Waals surface area contributed by atoms with Crippen LogP contribution in [0.2, 0.25) is 3.72 Å². The van der Waals surface area contributed by atoms with Crippen LogP contribution in [0.1, 0.15) is 41.5 Å². The van der Waals surface area contributed by atoms with E-state index < -0.39 is 0 Å². The van der Waals surface area contributed by atoms with Gasteiger partial charge >= 0.3 is 152 Å². The Hall–Kier alpha value is -0.496. The van der Waals surface area contributed by atoms with E-state index in [1.54, 1.807) is 0 Å². The predicted octanol–water partition coefficient (Wildman–Crippen LogP) is -2.94. The molecule has 4 heteroatoms. The average Bonchev–Trinajstić information content (AvgIpc) is 2.89. The molecule has 136 valence electrons. The van der Waals surface area contributed by atoms with Gasteiger partial charge in [0.1, 0.15) is 0 Å². The van der Waals surface area contributed by atoms with E-state index in [4.69, 9.17) is 0 Å². The first-order chi connectivity index (χ1) is 11.0. The van der Waals surface area contributed by atoms with Crippen LogP contribution in [-0.4, -0.2) is 0 Å². The molecule has 0 heterocycles. The van der Waals surface area contributed by atoms with Crippen molar-refractivity contribution < 1.29 is 57.7 Å². The number of allylic oxidation sites excluding steroid dienone is 4. The standard InChI is InChI=1S/C22H23.3ClH.Ti/c1-4-18-10-7-13-21(18)22(19-11-5-8-16(2)14-19)20-12-6-9-17(3)15-20;;;;/h5-15,22H,4H2,1-3H3;3*1H;/q;;;;+3/p-3. The molecule has 3 rings (SSSR count). The van der Waals surface area contributed by atoms with Gasteiger partial charge in [-0.1, -0.05) is 0 Å². The zero-order chi connectivity index (χ0) is 16.4. The molecule has 0 fully saturated rings. The summed E-state index contributed by atoms with van der Waals surface area (Å²) in [5.41, 5.74) is 6.99. The zero-order valence-electron chi connectivity index (χ0n) is 15.3. The van der Waals surface area contributed by atoms with E-state index in [0.717, 1.165) is 6.42 Å². The maximum absolute atomic E-state index is 2.39. The number of hydrogen-bond donors (Lipinski definition) is 0. The average molecular weight is 442 g/mol. The minimum Gasteiger partial charge on any atom is -1.00 e. The van der Waals surface area contributed by atoms with Crippen molar-refractivity contribution in [2.24, 2.45) is 0 Å². The van der Waals surface area contributed by atoms with Crippen molar-refractivity contribution in [2.45, 2.75) is 36.8 Å². The van der Waals surface area contributed by atoms with E-state index in [2.05, 4.69) is 108 Å². The van der Waals surface area contributed by atoms with Gasteiger partial charge in [-0.15, -0.1) is 0 Å². The molecule has 1 aliphatic carbocycles. The molecule has 1 aliphatic rings. The van der Waals surface area contributed by atoms with E-state index >= 15 is 0 Å². The fourth-order valence-electron chi connectivity index (χ4n) is 3.67. The van der Waals surface area contributed by atoms with Crippen molar-refractivity contribution in [1.82, 2.24) is 0 Å². The monoisotopic (exact) mass is 440 g/mol. The topological polar surface area (TPSA) is 0 Å². The zero-order valence-corrected chi connectivity index (χ0v) is 19.1. The van der Waals surface area contributed by atoms with Gasteiger partial charge in [0.15, 0.2) is 0 Å². The van der Waals surface area contributed by atoms with Crippen LogP contribution < -0.4 is 37.2 Å². The Morgan fingerprint density at radius 1 is 0.885 bits per heavy atom. The third-order valence-corrected chi connectivity index (χ3v) is 5.99. The number of hydrogen-bond acceptors (Lipinski definition) is 0. The van der Waals surface area contributed by atoms with Crippen molar-refractivity contribution in [1.29, 1.82) is 0 Å². The number of benzene rings is 2. The van der Waals surface area contributed by atoms with Crippen LogP contribution in [0.25, 0.3) is 0 Å². The summed E-state index contributed by atoms with van der Waals surface area (Å²) in [4.78, 5) is 0. The molecule has 2 aromatic rings. The fraction of sp³-hybridized carbons (Fsp3) is 0.273. The van der Waals surface area contributed by atoms with Gasteiger partial charge in [0.05, 0.1) is 0 Å². The van der Waals surface area contributed by atoms with Gasteiger partial charge in [0, 0.05) is 0 Å². The quantitative estimate of drug-likeness (QED) is 0.446. The summed E-state index contributed by atoms with van der Waals surface area (Å²) in [6.07, 6.45) is 8.02. The second kappa shape index (κ2) is 10.7. The molecule has 2 aromatic carbocycles. The molecule has 0 amide bonds. The summed E-state index contributed by atoms with van der Waals surface area (Å²) < 4.78 is 0.0519. The van der Waals surface area contributed by atoms with Gasteiger partial charge in [-0.3, -0.25) is 0 Å². The molecule has 0 saturated carbocycles. The van der Waals surface area contributed by atoms with Crippen molar-refractivity contribution in [3.63, 3.8) is 0 Å². The predicted molar refractivity (Wildman–Crippen MR) is 94.4 cm³/mol. The Kier molecular flexibility index (Phi) is 10.5. The van der Waals surface area contributed by atoms with Gasteiger partial charge in [0.2, 0.25) is 0 Å².